The van der Waals surface area contributed by atoms with E-state index in [-0.39, 0.29) is 5.92 Å². The van der Waals surface area contributed by atoms with Crippen LogP contribution in [0.5, 0.6) is 0 Å². The van der Waals surface area contributed by atoms with Crippen molar-refractivity contribution >= 4 is 16.9 Å². The third-order valence-electron chi connectivity index (χ3n) is 4.82. The lowest BCUT2D eigenvalue weighted by Gasteiger charge is -2.33. The molecule has 3 rings (SSSR count). The number of aromatic amines is 1. The summed E-state index contributed by atoms with van der Waals surface area (Å²) in [5.74, 6) is 1.54. The first-order valence-electron chi connectivity index (χ1n) is 8.66. The molecule has 0 radical (unpaired) electrons. The zero-order chi connectivity index (χ0) is 16.2. The molecular formula is C18H26N4O. The molecule has 1 aromatic carbocycles. The third kappa shape index (κ3) is 3.55. The molecule has 0 atom stereocenters. The molecule has 0 unspecified atom stereocenters. The molecule has 2 heterocycles. The number of carbonyl (C=O) groups excluding carboxylic acids is 1. The van der Waals surface area contributed by atoms with Crippen molar-refractivity contribution in [2.45, 2.75) is 33.2 Å². The minimum Gasteiger partial charge on any atom is -0.343 e. The van der Waals surface area contributed by atoms with Gasteiger partial charge in [-0.2, -0.15) is 0 Å². The summed E-state index contributed by atoms with van der Waals surface area (Å²) in [5.41, 5.74) is 2.11. The topological polar surface area (TPSA) is 52.2 Å². The van der Waals surface area contributed by atoms with E-state index < -0.39 is 0 Å². The van der Waals surface area contributed by atoms with Crippen molar-refractivity contribution in [3.05, 3.63) is 30.1 Å². The van der Waals surface area contributed by atoms with Crippen LogP contribution < -0.4 is 0 Å². The van der Waals surface area contributed by atoms with Crippen LogP contribution in [0.15, 0.2) is 24.3 Å². The predicted molar refractivity (Wildman–Crippen MR) is 92.0 cm³/mol. The fourth-order valence-corrected chi connectivity index (χ4v) is 3.42. The Hall–Kier alpha value is -1.88. The molecule has 5 nitrogen and oxygen atoms in total. The summed E-state index contributed by atoms with van der Waals surface area (Å²) in [7, 11) is 0. The first kappa shape index (κ1) is 16.0. The van der Waals surface area contributed by atoms with Gasteiger partial charge in [0.05, 0.1) is 17.6 Å². The Bertz CT molecular complexity index is 621. The van der Waals surface area contributed by atoms with Crippen LogP contribution >= 0.6 is 0 Å². The van der Waals surface area contributed by atoms with Crippen LogP contribution in [0.25, 0.3) is 11.0 Å². The van der Waals surface area contributed by atoms with Crippen LogP contribution in [0.2, 0.25) is 0 Å². The average Bonchev–Trinajstić information content (AvgIpc) is 2.98. The Labute approximate surface area is 137 Å². The fourth-order valence-electron chi connectivity index (χ4n) is 3.42. The Morgan fingerprint density at radius 2 is 1.96 bits per heavy atom. The molecular weight excluding hydrogens is 288 g/mol. The summed E-state index contributed by atoms with van der Waals surface area (Å²) in [4.78, 5) is 24.8. The lowest BCUT2D eigenvalue weighted by molar-refractivity contribution is -0.136. The number of rotatable bonds is 5. The van der Waals surface area contributed by atoms with Gasteiger partial charge in [-0.3, -0.25) is 9.69 Å². The van der Waals surface area contributed by atoms with Gasteiger partial charge in [-0.25, -0.2) is 4.98 Å². The molecule has 1 aromatic heterocycles. The second-order valence-corrected chi connectivity index (χ2v) is 6.26. The molecule has 5 heteroatoms. The highest BCUT2D eigenvalue weighted by atomic mass is 16.2. The van der Waals surface area contributed by atoms with E-state index in [1.54, 1.807) is 0 Å². The van der Waals surface area contributed by atoms with Crippen molar-refractivity contribution in [2.24, 2.45) is 5.92 Å². The second kappa shape index (κ2) is 7.13. The van der Waals surface area contributed by atoms with Gasteiger partial charge in [0.2, 0.25) is 5.91 Å². The number of hydrogen-bond donors (Lipinski definition) is 1. The number of fused-ring (bicyclic) bond motifs is 1. The standard InChI is InChI=1S/C18H26N4O/c1-3-22(4-2)18(23)14-9-11-21(12-10-14)13-17-19-15-7-5-6-8-16(15)20-17/h5-8,14H,3-4,9-13H2,1-2H3,(H,19,20). The highest BCUT2D eigenvalue weighted by Crippen LogP contribution is 2.21. The molecule has 1 aliphatic heterocycles. The molecule has 1 N–H and O–H groups in total. The molecule has 1 saturated heterocycles. The van der Waals surface area contributed by atoms with Crippen LogP contribution in [0.1, 0.15) is 32.5 Å². The van der Waals surface area contributed by atoms with Crippen LogP contribution in [0, 0.1) is 5.92 Å². The Morgan fingerprint density at radius 3 is 2.61 bits per heavy atom. The van der Waals surface area contributed by atoms with E-state index in [1.165, 1.54) is 0 Å². The second-order valence-electron chi connectivity index (χ2n) is 6.26. The van der Waals surface area contributed by atoms with E-state index in [0.717, 1.165) is 62.4 Å². The first-order valence-corrected chi connectivity index (χ1v) is 8.66. The monoisotopic (exact) mass is 314 g/mol. The molecule has 0 saturated carbocycles. The zero-order valence-corrected chi connectivity index (χ0v) is 14.1. The van der Waals surface area contributed by atoms with Crippen molar-refractivity contribution in [2.75, 3.05) is 26.2 Å². The van der Waals surface area contributed by atoms with Crippen molar-refractivity contribution in [3.63, 3.8) is 0 Å². The number of aromatic nitrogens is 2. The molecule has 1 fully saturated rings. The molecule has 1 amide bonds. The summed E-state index contributed by atoms with van der Waals surface area (Å²) in [5, 5.41) is 0. The Kier molecular flexibility index (Phi) is 4.96. The van der Waals surface area contributed by atoms with Gasteiger partial charge in [0, 0.05) is 19.0 Å². The molecule has 2 aromatic rings. The van der Waals surface area contributed by atoms with E-state index in [9.17, 15) is 4.79 Å². The van der Waals surface area contributed by atoms with Gasteiger partial charge in [0.25, 0.3) is 0 Å². The molecule has 23 heavy (non-hydrogen) atoms. The van der Waals surface area contributed by atoms with Crippen molar-refractivity contribution < 1.29 is 4.79 Å². The van der Waals surface area contributed by atoms with Crippen molar-refractivity contribution in [1.82, 2.24) is 19.8 Å². The van der Waals surface area contributed by atoms with E-state index in [4.69, 9.17) is 0 Å². The van der Waals surface area contributed by atoms with Crippen LogP contribution in [-0.2, 0) is 11.3 Å². The number of para-hydroxylation sites is 2. The molecule has 0 aliphatic carbocycles. The third-order valence-corrected chi connectivity index (χ3v) is 4.82. The van der Waals surface area contributed by atoms with Gasteiger partial charge in [-0.1, -0.05) is 12.1 Å². The molecule has 1 aliphatic rings. The lowest BCUT2D eigenvalue weighted by atomic mass is 9.95. The summed E-state index contributed by atoms with van der Waals surface area (Å²) in [6, 6.07) is 8.12. The number of carbonyl (C=O) groups is 1. The van der Waals surface area contributed by atoms with Gasteiger partial charge in [-0.05, 0) is 51.9 Å². The number of amides is 1. The van der Waals surface area contributed by atoms with E-state index in [2.05, 4.69) is 34.8 Å². The van der Waals surface area contributed by atoms with Crippen molar-refractivity contribution in [3.8, 4) is 0 Å². The maximum Gasteiger partial charge on any atom is 0.225 e. The van der Waals surface area contributed by atoms with Crippen LogP contribution in [0.4, 0.5) is 0 Å². The number of likely N-dealkylation sites (tertiary alicyclic amines) is 1. The van der Waals surface area contributed by atoms with Gasteiger partial charge >= 0.3 is 0 Å². The van der Waals surface area contributed by atoms with Crippen LogP contribution in [0.3, 0.4) is 0 Å². The minimum absolute atomic E-state index is 0.196. The van der Waals surface area contributed by atoms with Gasteiger partial charge in [0.1, 0.15) is 5.82 Å². The zero-order valence-electron chi connectivity index (χ0n) is 14.1. The molecule has 0 spiro atoms. The average molecular weight is 314 g/mol. The number of piperidine rings is 1. The maximum absolute atomic E-state index is 12.4. The predicted octanol–water partition coefficient (Wildman–Crippen LogP) is 2.64. The Morgan fingerprint density at radius 1 is 1.26 bits per heavy atom. The highest BCUT2D eigenvalue weighted by Gasteiger charge is 2.27. The van der Waals surface area contributed by atoms with E-state index >= 15 is 0 Å². The smallest absolute Gasteiger partial charge is 0.225 e. The number of imidazole rings is 1. The fraction of sp³-hybridized carbons (Fsp3) is 0.556. The lowest BCUT2D eigenvalue weighted by Crippen LogP contribution is -2.42. The highest BCUT2D eigenvalue weighted by molar-refractivity contribution is 5.79. The van der Waals surface area contributed by atoms with E-state index in [1.807, 2.05) is 23.1 Å². The quantitative estimate of drug-likeness (QED) is 0.923. The minimum atomic E-state index is 0.196. The van der Waals surface area contributed by atoms with E-state index in [0.29, 0.717) is 5.91 Å². The van der Waals surface area contributed by atoms with Gasteiger partial charge in [0.15, 0.2) is 0 Å². The summed E-state index contributed by atoms with van der Waals surface area (Å²) >= 11 is 0. The Balaban J connectivity index is 1.55. The molecule has 124 valence electrons. The molecule has 0 bridgehead atoms. The van der Waals surface area contributed by atoms with Gasteiger partial charge < -0.3 is 9.88 Å². The number of nitrogens with one attached hydrogen (secondary N) is 1. The number of hydrogen-bond acceptors (Lipinski definition) is 3. The maximum atomic E-state index is 12.4. The number of nitrogens with zero attached hydrogens (tertiary/aromatic N) is 3. The summed E-state index contributed by atoms with van der Waals surface area (Å²) < 4.78 is 0. The normalized spacial score (nSPS) is 16.8. The first-order chi connectivity index (χ1) is 11.2. The number of benzene rings is 1. The summed E-state index contributed by atoms with van der Waals surface area (Å²) in [6.45, 7) is 8.50. The summed E-state index contributed by atoms with van der Waals surface area (Å²) in [6.07, 6.45) is 1.91. The van der Waals surface area contributed by atoms with Crippen molar-refractivity contribution in [1.29, 1.82) is 0 Å². The van der Waals surface area contributed by atoms with Crippen LogP contribution in [-0.4, -0.2) is 51.9 Å². The van der Waals surface area contributed by atoms with Gasteiger partial charge in [-0.15, -0.1) is 0 Å². The SMILES string of the molecule is CCN(CC)C(=O)C1CCN(Cc2nc3ccccc3[nH]2)CC1. The number of H-pyrrole nitrogens is 1. The largest absolute Gasteiger partial charge is 0.343 e.